The van der Waals surface area contributed by atoms with Crippen LogP contribution < -0.4 is 10.6 Å². The number of guanidine groups is 1. The quantitative estimate of drug-likeness (QED) is 0.522. The first-order chi connectivity index (χ1) is 12.7. The van der Waals surface area contributed by atoms with E-state index in [0.29, 0.717) is 6.54 Å². The lowest BCUT2D eigenvalue weighted by molar-refractivity contribution is 0.296. The number of aryl methyl sites for hydroxylation is 1. The molecule has 0 spiro atoms. The molecule has 0 saturated carbocycles. The van der Waals surface area contributed by atoms with Crippen molar-refractivity contribution in [3.05, 3.63) is 51.5 Å². The van der Waals surface area contributed by atoms with Gasteiger partial charge < -0.3 is 10.6 Å². The maximum Gasteiger partial charge on any atom is 0.191 e. The second-order valence-electron chi connectivity index (χ2n) is 6.13. The van der Waals surface area contributed by atoms with E-state index >= 15 is 0 Å². The number of aliphatic imine (C=N–C) groups is 1. The van der Waals surface area contributed by atoms with Crippen molar-refractivity contribution in [1.82, 2.24) is 20.5 Å². The first-order valence-corrected chi connectivity index (χ1v) is 10.2. The molecule has 5 nitrogen and oxygen atoms in total. The number of hydrogen-bond acceptors (Lipinski definition) is 4. The number of nitrogens with zero attached hydrogens (tertiary/aromatic N) is 3. The van der Waals surface area contributed by atoms with Gasteiger partial charge in [0.25, 0.3) is 0 Å². The summed E-state index contributed by atoms with van der Waals surface area (Å²) in [6.45, 7) is 11.2. The van der Waals surface area contributed by atoms with E-state index in [1.807, 2.05) is 6.20 Å². The molecule has 6 heteroatoms. The molecule has 0 amide bonds. The van der Waals surface area contributed by atoms with Crippen LogP contribution in [0.25, 0.3) is 0 Å². The van der Waals surface area contributed by atoms with Crippen LogP contribution in [-0.2, 0) is 26.1 Å². The zero-order chi connectivity index (χ0) is 18.8. The van der Waals surface area contributed by atoms with E-state index in [4.69, 9.17) is 0 Å². The third kappa shape index (κ3) is 6.42. The van der Waals surface area contributed by atoms with E-state index in [9.17, 15) is 0 Å². The molecular weight excluding hydrogens is 342 g/mol. The molecule has 0 fully saturated rings. The van der Waals surface area contributed by atoms with Crippen molar-refractivity contribution in [2.45, 2.75) is 46.8 Å². The zero-order valence-electron chi connectivity index (χ0n) is 16.4. The number of hydrogen-bond donors (Lipinski definition) is 2. The molecule has 0 unspecified atom stereocenters. The second kappa shape index (κ2) is 10.9. The minimum atomic E-state index is 0.702. The summed E-state index contributed by atoms with van der Waals surface area (Å²) in [4.78, 5) is 12.4. The standard InChI is InChI=1S/C20H31N5S/c1-5-18-13-22-19(26-18)14-24-20(21-4)23-12-16-8-10-17(11-9-16)15-25(6-2)7-3/h8-11,13H,5-7,12,14-15H2,1-4H3,(H2,21,23,24). The van der Waals surface area contributed by atoms with Crippen LogP contribution in [0.1, 0.15) is 41.8 Å². The van der Waals surface area contributed by atoms with Crippen LogP contribution in [0.15, 0.2) is 35.5 Å². The monoisotopic (exact) mass is 373 g/mol. The van der Waals surface area contributed by atoms with Crippen LogP contribution >= 0.6 is 11.3 Å². The van der Waals surface area contributed by atoms with Crippen LogP contribution in [0.3, 0.4) is 0 Å². The Morgan fingerprint density at radius 2 is 1.69 bits per heavy atom. The third-order valence-electron chi connectivity index (χ3n) is 4.36. The third-order valence-corrected chi connectivity index (χ3v) is 5.51. The molecule has 2 rings (SSSR count). The van der Waals surface area contributed by atoms with Crippen LogP contribution in [0.4, 0.5) is 0 Å². The highest BCUT2D eigenvalue weighted by molar-refractivity contribution is 7.11. The number of thiazole rings is 1. The largest absolute Gasteiger partial charge is 0.352 e. The summed E-state index contributed by atoms with van der Waals surface area (Å²) in [5.74, 6) is 0.797. The SMILES string of the molecule is CCc1cnc(CNC(=NC)NCc2ccc(CN(CC)CC)cc2)s1. The van der Waals surface area contributed by atoms with Crippen molar-refractivity contribution in [2.24, 2.45) is 4.99 Å². The topological polar surface area (TPSA) is 52.6 Å². The molecule has 0 aliphatic rings. The normalized spacial score (nSPS) is 11.8. The Bertz CT molecular complexity index is 674. The van der Waals surface area contributed by atoms with E-state index in [1.165, 1.54) is 16.0 Å². The van der Waals surface area contributed by atoms with Crippen LogP contribution in [0.5, 0.6) is 0 Å². The smallest absolute Gasteiger partial charge is 0.191 e. The van der Waals surface area contributed by atoms with Crippen LogP contribution in [-0.4, -0.2) is 36.0 Å². The summed E-state index contributed by atoms with van der Waals surface area (Å²) >= 11 is 1.75. The van der Waals surface area contributed by atoms with Gasteiger partial charge in [-0.05, 0) is 30.6 Å². The minimum absolute atomic E-state index is 0.702. The summed E-state index contributed by atoms with van der Waals surface area (Å²) in [5, 5.41) is 7.78. The highest BCUT2D eigenvalue weighted by Gasteiger charge is 2.04. The summed E-state index contributed by atoms with van der Waals surface area (Å²) in [5.41, 5.74) is 2.61. The van der Waals surface area contributed by atoms with Crippen molar-refractivity contribution in [3.63, 3.8) is 0 Å². The first-order valence-electron chi connectivity index (χ1n) is 9.36. The van der Waals surface area contributed by atoms with E-state index in [-0.39, 0.29) is 0 Å². The molecule has 1 heterocycles. The summed E-state index contributed by atoms with van der Waals surface area (Å²) in [6, 6.07) is 8.81. The molecule has 0 aliphatic carbocycles. The molecule has 0 atom stereocenters. The lowest BCUT2D eigenvalue weighted by Gasteiger charge is -2.18. The fourth-order valence-corrected chi connectivity index (χ4v) is 3.43. The molecule has 2 N–H and O–H groups in total. The molecular formula is C20H31N5S. The van der Waals surface area contributed by atoms with Crippen LogP contribution in [0.2, 0.25) is 0 Å². The maximum atomic E-state index is 4.43. The van der Waals surface area contributed by atoms with Crippen molar-refractivity contribution in [3.8, 4) is 0 Å². The predicted molar refractivity (Wildman–Crippen MR) is 112 cm³/mol. The fourth-order valence-electron chi connectivity index (χ4n) is 2.63. The van der Waals surface area contributed by atoms with E-state index in [1.54, 1.807) is 18.4 Å². The Kier molecular flexibility index (Phi) is 8.58. The fraction of sp³-hybridized carbons (Fsp3) is 0.500. The molecule has 0 bridgehead atoms. The Morgan fingerprint density at radius 3 is 2.27 bits per heavy atom. The summed E-state index contributed by atoms with van der Waals surface area (Å²) in [7, 11) is 1.79. The maximum absolute atomic E-state index is 4.43. The van der Waals surface area contributed by atoms with Gasteiger partial charge in [0.2, 0.25) is 0 Å². The van der Waals surface area contributed by atoms with Gasteiger partial charge in [-0.15, -0.1) is 11.3 Å². The van der Waals surface area contributed by atoms with Gasteiger partial charge >= 0.3 is 0 Å². The van der Waals surface area contributed by atoms with Gasteiger partial charge in [-0.2, -0.15) is 0 Å². The number of benzene rings is 1. The average Bonchev–Trinajstić information content (AvgIpc) is 3.15. The Balaban J connectivity index is 1.80. The van der Waals surface area contributed by atoms with Gasteiger partial charge in [0.05, 0.1) is 6.54 Å². The lowest BCUT2D eigenvalue weighted by atomic mass is 10.1. The molecule has 1 aromatic carbocycles. The summed E-state index contributed by atoms with van der Waals surface area (Å²) in [6.07, 6.45) is 2.99. The van der Waals surface area contributed by atoms with Gasteiger partial charge in [-0.1, -0.05) is 45.0 Å². The molecule has 0 radical (unpaired) electrons. The van der Waals surface area contributed by atoms with Crippen molar-refractivity contribution < 1.29 is 0 Å². The first kappa shape index (κ1) is 20.4. The molecule has 0 saturated heterocycles. The van der Waals surface area contributed by atoms with Gasteiger partial charge in [0.15, 0.2) is 5.96 Å². The number of rotatable bonds is 9. The van der Waals surface area contributed by atoms with E-state index < -0.39 is 0 Å². The van der Waals surface area contributed by atoms with Gasteiger partial charge in [0.1, 0.15) is 5.01 Å². The Labute approximate surface area is 161 Å². The minimum Gasteiger partial charge on any atom is -0.352 e. The van der Waals surface area contributed by atoms with Crippen LogP contribution in [0, 0.1) is 0 Å². The van der Waals surface area contributed by atoms with E-state index in [0.717, 1.165) is 43.6 Å². The van der Waals surface area contributed by atoms with Gasteiger partial charge in [-0.25, -0.2) is 4.98 Å². The highest BCUT2D eigenvalue weighted by atomic mass is 32.1. The van der Waals surface area contributed by atoms with Crippen molar-refractivity contribution in [1.29, 1.82) is 0 Å². The predicted octanol–water partition coefficient (Wildman–Crippen LogP) is 3.41. The Morgan fingerprint density at radius 1 is 1.04 bits per heavy atom. The number of aromatic nitrogens is 1. The molecule has 1 aromatic heterocycles. The lowest BCUT2D eigenvalue weighted by Crippen LogP contribution is -2.36. The zero-order valence-corrected chi connectivity index (χ0v) is 17.2. The Hall–Kier alpha value is -1.92. The molecule has 142 valence electrons. The summed E-state index contributed by atoms with van der Waals surface area (Å²) < 4.78 is 0. The van der Waals surface area contributed by atoms with Gasteiger partial charge in [-0.3, -0.25) is 9.89 Å². The molecule has 0 aliphatic heterocycles. The van der Waals surface area contributed by atoms with Gasteiger partial charge in [0, 0.05) is 31.2 Å². The highest BCUT2D eigenvalue weighted by Crippen LogP contribution is 2.12. The average molecular weight is 374 g/mol. The molecule has 26 heavy (non-hydrogen) atoms. The second-order valence-corrected chi connectivity index (χ2v) is 7.33. The number of nitrogens with one attached hydrogen (secondary N) is 2. The van der Waals surface area contributed by atoms with Crippen molar-refractivity contribution >= 4 is 17.3 Å². The van der Waals surface area contributed by atoms with Crippen molar-refractivity contribution in [2.75, 3.05) is 20.1 Å². The van der Waals surface area contributed by atoms with E-state index in [2.05, 4.69) is 70.5 Å². The molecule has 2 aromatic rings.